The number of carbonyl (C=O) groups is 3. The Balaban J connectivity index is 1.27. The molecule has 9 nitrogen and oxygen atoms in total. The Labute approximate surface area is 200 Å². The summed E-state index contributed by atoms with van der Waals surface area (Å²) in [6.45, 7) is 7.02. The highest BCUT2D eigenvalue weighted by Crippen LogP contribution is 2.22. The Kier molecular flexibility index (Phi) is 7.40. The SMILES string of the molecule is CC(C)C(=O)N1CCCC1C(=O)Nc1ccc(CC(=O)N2CCN(c3ncccn3)CC2)cc1. The summed E-state index contributed by atoms with van der Waals surface area (Å²) in [7, 11) is 0. The van der Waals surface area contributed by atoms with Crippen molar-refractivity contribution in [3.63, 3.8) is 0 Å². The van der Waals surface area contributed by atoms with Crippen LogP contribution in [0.25, 0.3) is 0 Å². The molecule has 1 aromatic heterocycles. The quantitative estimate of drug-likeness (QED) is 0.702. The van der Waals surface area contributed by atoms with Gasteiger partial charge in [0.05, 0.1) is 6.42 Å². The fraction of sp³-hybridized carbons (Fsp3) is 0.480. The van der Waals surface area contributed by atoms with Crippen molar-refractivity contribution < 1.29 is 14.4 Å². The first-order chi connectivity index (χ1) is 16.4. The van der Waals surface area contributed by atoms with E-state index in [1.54, 1.807) is 23.4 Å². The zero-order chi connectivity index (χ0) is 24.1. The average molecular weight is 465 g/mol. The highest BCUT2D eigenvalue weighted by Gasteiger charge is 2.34. The molecule has 0 saturated carbocycles. The van der Waals surface area contributed by atoms with Gasteiger partial charge >= 0.3 is 0 Å². The van der Waals surface area contributed by atoms with Crippen LogP contribution in [0.15, 0.2) is 42.7 Å². The Hall–Kier alpha value is -3.49. The fourth-order valence-corrected chi connectivity index (χ4v) is 4.46. The predicted octanol–water partition coefficient (Wildman–Crippen LogP) is 1.95. The van der Waals surface area contributed by atoms with Crippen molar-refractivity contribution in [3.05, 3.63) is 48.3 Å². The highest BCUT2D eigenvalue weighted by atomic mass is 16.2. The number of rotatable bonds is 6. The second kappa shape index (κ2) is 10.6. The number of nitrogens with zero attached hydrogens (tertiary/aromatic N) is 5. The molecule has 2 aliphatic heterocycles. The molecule has 3 amide bonds. The van der Waals surface area contributed by atoms with Gasteiger partial charge in [-0.3, -0.25) is 14.4 Å². The monoisotopic (exact) mass is 464 g/mol. The van der Waals surface area contributed by atoms with Crippen LogP contribution < -0.4 is 10.2 Å². The Morgan fingerprint density at radius 3 is 2.32 bits per heavy atom. The molecule has 0 spiro atoms. The summed E-state index contributed by atoms with van der Waals surface area (Å²) in [5.74, 6) is 0.514. The molecule has 1 aromatic carbocycles. The van der Waals surface area contributed by atoms with Crippen LogP contribution in [0.3, 0.4) is 0 Å². The van der Waals surface area contributed by atoms with Gasteiger partial charge in [0, 0.05) is 56.7 Å². The topological polar surface area (TPSA) is 98.7 Å². The normalized spacial score (nSPS) is 18.3. The summed E-state index contributed by atoms with van der Waals surface area (Å²) in [4.78, 5) is 52.1. The minimum atomic E-state index is -0.420. The van der Waals surface area contributed by atoms with Gasteiger partial charge in [0.2, 0.25) is 23.7 Å². The number of aromatic nitrogens is 2. The van der Waals surface area contributed by atoms with E-state index in [9.17, 15) is 14.4 Å². The molecule has 0 bridgehead atoms. The third kappa shape index (κ3) is 5.52. The molecule has 1 unspecified atom stereocenters. The van der Waals surface area contributed by atoms with Crippen molar-refractivity contribution in [2.75, 3.05) is 42.9 Å². The summed E-state index contributed by atoms with van der Waals surface area (Å²) in [5.41, 5.74) is 1.57. The van der Waals surface area contributed by atoms with E-state index in [0.717, 1.165) is 12.0 Å². The van der Waals surface area contributed by atoms with E-state index < -0.39 is 6.04 Å². The summed E-state index contributed by atoms with van der Waals surface area (Å²) >= 11 is 0. The van der Waals surface area contributed by atoms with Crippen LogP contribution >= 0.6 is 0 Å². The van der Waals surface area contributed by atoms with Crippen molar-refractivity contribution in [3.8, 4) is 0 Å². The first-order valence-electron chi connectivity index (χ1n) is 11.9. The average Bonchev–Trinajstić information content (AvgIpc) is 3.35. The molecule has 2 saturated heterocycles. The second-order valence-electron chi connectivity index (χ2n) is 9.12. The lowest BCUT2D eigenvalue weighted by Crippen LogP contribution is -2.49. The van der Waals surface area contributed by atoms with Gasteiger partial charge in [-0.05, 0) is 36.6 Å². The number of likely N-dealkylation sites (tertiary alicyclic amines) is 1. The molecule has 1 N–H and O–H groups in total. The van der Waals surface area contributed by atoms with Gasteiger partial charge in [-0.25, -0.2) is 9.97 Å². The Bertz CT molecular complexity index is 1000. The van der Waals surface area contributed by atoms with Gasteiger partial charge in [0.1, 0.15) is 6.04 Å². The molecule has 2 aliphatic rings. The molecule has 9 heteroatoms. The first-order valence-corrected chi connectivity index (χ1v) is 11.9. The van der Waals surface area contributed by atoms with E-state index >= 15 is 0 Å². The number of carbonyl (C=O) groups excluding carboxylic acids is 3. The number of anilines is 2. The minimum Gasteiger partial charge on any atom is -0.339 e. The maximum atomic E-state index is 12.8. The Morgan fingerprint density at radius 1 is 1.00 bits per heavy atom. The minimum absolute atomic E-state index is 0.0173. The molecular weight excluding hydrogens is 432 g/mol. The molecule has 0 radical (unpaired) electrons. The first kappa shape index (κ1) is 23.7. The van der Waals surface area contributed by atoms with Crippen molar-refractivity contribution in [2.45, 2.75) is 39.2 Å². The predicted molar refractivity (Wildman–Crippen MR) is 129 cm³/mol. The number of nitrogens with one attached hydrogen (secondary N) is 1. The lowest BCUT2D eigenvalue weighted by molar-refractivity contribution is -0.139. The molecule has 4 rings (SSSR count). The lowest BCUT2D eigenvalue weighted by atomic mass is 10.1. The van der Waals surface area contributed by atoms with E-state index in [0.29, 0.717) is 57.2 Å². The highest BCUT2D eigenvalue weighted by molar-refractivity contribution is 5.97. The van der Waals surface area contributed by atoms with Gasteiger partial charge in [0.25, 0.3) is 0 Å². The van der Waals surface area contributed by atoms with Gasteiger partial charge in [-0.1, -0.05) is 26.0 Å². The van der Waals surface area contributed by atoms with Crippen molar-refractivity contribution in [2.24, 2.45) is 5.92 Å². The van der Waals surface area contributed by atoms with Crippen molar-refractivity contribution in [1.29, 1.82) is 0 Å². The third-order valence-corrected chi connectivity index (χ3v) is 6.38. The molecule has 3 heterocycles. The van der Waals surface area contributed by atoms with Crippen LogP contribution in [0, 0.1) is 5.92 Å². The molecule has 0 aliphatic carbocycles. The lowest BCUT2D eigenvalue weighted by Gasteiger charge is -2.34. The fourth-order valence-electron chi connectivity index (χ4n) is 4.46. The number of piperazine rings is 1. The maximum absolute atomic E-state index is 12.8. The standard InChI is InChI=1S/C25H32N6O3/c1-18(2)24(34)31-12-3-5-21(31)23(33)28-20-8-6-19(7-9-20)17-22(32)29-13-15-30(16-14-29)25-26-10-4-11-27-25/h4,6-11,18,21H,3,5,12-17H2,1-2H3,(H,28,33). The van der Waals surface area contributed by atoms with E-state index in [1.165, 1.54) is 0 Å². The van der Waals surface area contributed by atoms with Crippen LogP contribution in [0.1, 0.15) is 32.3 Å². The van der Waals surface area contributed by atoms with E-state index in [4.69, 9.17) is 0 Å². The van der Waals surface area contributed by atoms with E-state index in [2.05, 4.69) is 20.2 Å². The maximum Gasteiger partial charge on any atom is 0.247 e. The Morgan fingerprint density at radius 2 is 1.68 bits per heavy atom. The number of amides is 3. The van der Waals surface area contributed by atoms with Gasteiger partial charge in [-0.15, -0.1) is 0 Å². The van der Waals surface area contributed by atoms with Crippen LogP contribution in [-0.4, -0.2) is 76.3 Å². The second-order valence-corrected chi connectivity index (χ2v) is 9.12. The zero-order valence-corrected chi connectivity index (χ0v) is 19.8. The molecule has 2 fully saturated rings. The van der Waals surface area contributed by atoms with Gasteiger partial charge in [0.15, 0.2) is 0 Å². The smallest absolute Gasteiger partial charge is 0.247 e. The molecule has 180 valence electrons. The molecule has 34 heavy (non-hydrogen) atoms. The summed E-state index contributed by atoms with van der Waals surface area (Å²) in [5, 5.41) is 2.93. The van der Waals surface area contributed by atoms with Gasteiger partial charge in [-0.2, -0.15) is 0 Å². The largest absolute Gasteiger partial charge is 0.339 e. The van der Waals surface area contributed by atoms with Crippen molar-refractivity contribution in [1.82, 2.24) is 19.8 Å². The zero-order valence-electron chi connectivity index (χ0n) is 19.8. The van der Waals surface area contributed by atoms with Crippen molar-refractivity contribution >= 4 is 29.4 Å². The summed E-state index contributed by atoms with van der Waals surface area (Å²) in [6, 6.07) is 8.73. The summed E-state index contributed by atoms with van der Waals surface area (Å²) < 4.78 is 0. The summed E-state index contributed by atoms with van der Waals surface area (Å²) in [6.07, 6.45) is 5.28. The van der Waals surface area contributed by atoms with Crippen LogP contribution in [0.5, 0.6) is 0 Å². The molecule has 1 atom stereocenters. The number of benzene rings is 1. The third-order valence-electron chi connectivity index (χ3n) is 6.38. The van der Waals surface area contributed by atoms with E-state index in [1.807, 2.05) is 43.0 Å². The molecular formula is C25H32N6O3. The van der Waals surface area contributed by atoms with E-state index in [-0.39, 0.29) is 23.6 Å². The van der Waals surface area contributed by atoms with Crippen LogP contribution in [0.4, 0.5) is 11.6 Å². The van der Waals surface area contributed by atoms with Gasteiger partial charge < -0.3 is 20.0 Å². The molecule has 2 aromatic rings. The number of hydrogen-bond acceptors (Lipinski definition) is 6. The number of hydrogen-bond donors (Lipinski definition) is 1. The van der Waals surface area contributed by atoms with Crippen LogP contribution in [0.2, 0.25) is 0 Å². The van der Waals surface area contributed by atoms with Crippen LogP contribution in [-0.2, 0) is 20.8 Å².